The number of nitriles is 1. The first-order valence-electron chi connectivity index (χ1n) is 6.11. The Balaban J connectivity index is 2.61. The quantitative estimate of drug-likeness (QED) is 0.766. The van der Waals surface area contributed by atoms with Gasteiger partial charge in [0.2, 0.25) is 0 Å². The molecule has 18 heavy (non-hydrogen) atoms. The second-order valence-corrected chi connectivity index (χ2v) is 5.36. The van der Waals surface area contributed by atoms with Crippen LogP contribution in [0.2, 0.25) is 0 Å². The number of benzene rings is 1. The van der Waals surface area contributed by atoms with Gasteiger partial charge in [-0.25, -0.2) is 0 Å². The molecule has 0 fully saturated rings. The lowest BCUT2D eigenvalue weighted by Crippen LogP contribution is -2.22. The van der Waals surface area contributed by atoms with Crippen molar-refractivity contribution in [2.45, 2.75) is 40.2 Å². The summed E-state index contributed by atoms with van der Waals surface area (Å²) in [6.07, 6.45) is 0. The van der Waals surface area contributed by atoms with Crippen molar-refractivity contribution in [3.63, 3.8) is 0 Å². The van der Waals surface area contributed by atoms with E-state index in [9.17, 15) is 0 Å². The Labute approximate surface area is 109 Å². The summed E-state index contributed by atoms with van der Waals surface area (Å²) in [5.41, 5.74) is 2.51. The second-order valence-electron chi connectivity index (χ2n) is 5.36. The largest absolute Gasteiger partial charge is 0.491 e. The van der Waals surface area contributed by atoms with Gasteiger partial charge in [0.25, 0.3) is 0 Å². The Kier molecular flexibility index (Phi) is 4.75. The molecule has 0 aliphatic heterocycles. The molecule has 98 valence electrons. The maximum atomic E-state index is 8.87. The molecule has 1 aromatic carbocycles. The topological polar surface area (TPSA) is 42.2 Å². The molecule has 0 saturated carbocycles. The van der Waals surface area contributed by atoms with E-state index in [0.29, 0.717) is 18.8 Å². The highest BCUT2D eigenvalue weighted by Gasteiger charge is 2.10. The smallest absolute Gasteiger partial charge is 0.125 e. The van der Waals surface area contributed by atoms with Crippen molar-refractivity contribution in [1.82, 2.24) is 0 Å². The molecule has 0 N–H and O–H groups in total. The van der Waals surface area contributed by atoms with Crippen LogP contribution >= 0.6 is 0 Å². The van der Waals surface area contributed by atoms with Crippen molar-refractivity contribution < 1.29 is 9.47 Å². The predicted molar refractivity (Wildman–Crippen MR) is 71.8 cm³/mol. The Morgan fingerprint density at radius 1 is 1.11 bits per heavy atom. The van der Waals surface area contributed by atoms with E-state index in [1.807, 2.05) is 46.8 Å². The van der Waals surface area contributed by atoms with Gasteiger partial charge in [-0.3, -0.25) is 0 Å². The Morgan fingerprint density at radius 3 is 2.11 bits per heavy atom. The molecule has 0 aromatic heterocycles. The van der Waals surface area contributed by atoms with E-state index in [2.05, 4.69) is 6.07 Å². The molecule has 0 aliphatic carbocycles. The lowest BCUT2D eigenvalue weighted by Gasteiger charge is -2.20. The Morgan fingerprint density at radius 2 is 1.67 bits per heavy atom. The third-order valence-electron chi connectivity index (χ3n) is 2.45. The molecule has 0 heterocycles. The van der Waals surface area contributed by atoms with Crippen LogP contribution in [0.15, 0.2) is 12.1 Å². The van der Waals surface area contributed by atoms with Crippen molar-refractivity contribution in [1.29, 1.82) is 5.26 Å². The average molecular weight is 247 g/mol. The minimum absolute atomic E-state index is 0.141. The molecule has 1 aromatic rings. The van der Waals surface area contributed by atoms with E-state index >= 15 is 0 Å². The molecular weight excluding hydrogens is 226 g/mol. The van der Waals surface area contributed by atoms with E-state index in [1.165, 1.54) is 0 Å². The van der Waals surface area contributed by atoms with Gasteiger partial charge in [0.05, 0.1) is 23.8 Å². The minimum Gasteiger partial charge on any atom is -0.491 e. The van der Waals surface area contributed by atoms with Gasteiger partial charge in [0.15, 0.2) is 0 Å². The zero-order valence-electron chi connectivity index (χ0n) is 11.8. The average Bonchev–Trinajstić information content (AvgIpc) is 2.25. The summed E-state index contributed by atoms with van der Waals surface area (Å²) < 4.78 is 11.3. The lowest BCUT2D eigenvalue weighted by atomic mass is 10.1. The maximum absolute atomic E-state index is 8.87. The fourth-order valence-corrected chi connectivity index (χ4v) is 1.73. The summed E-state index contributed by atoms with van der Waals surface area (Å²) in [7, 11) is 0. The third kappa shape index (κ3) is 4.38. The van der Waals surface area contributed by atoms with E-state index in [0.717, 1.165) is 16.9 Å². The highest BCUT2D eigenvalue weighted by molar-refractivity contribution is 5.47. The first-order valence-corrected chi connectivity index (χ1v) is 6.11. The first kappa shape index (κ1) is 14.5. The normalized spacial score (nSPS) is 11.1. The molecule has 3 nitrogen and oxygen atoms in total. The van der Waals surface area contributed by atoms with E-state index in [1.54, 1.807) is 0 Å². The molecule has 0 unspecified atom stereocenters. The fraction of sp³-hybridized carbons (Fsp3) is 0.533. The van der Waals surface area contributed by atoms with Crippen LogP contribution < -0.4 is 4.74 Å². The molecule has 0 radical (unpaired) electrons. The van der Waals surface area contributed by atoms with Crippen molar-refractivity contribution in [3.8, 4) is 11.8 Å². The van der Waals surface area contributed by atoms with Crippen LogP contribution in [0.5, 0.6) is 5.75 Å². The van der Waals surface area contributed by atoms with Gasteiger partial charge >= 0.3 is 0 Å². The van der Waals surface area contributed by atoms with Gasteiger partial charge in [-0.05, 0) is 57.9 Å². The summed E-state index contributed by atoms with van der Waals surface area (Å²) in [6, 6.07) is 5.82. The summed E-state index contributed by atoms with van der Waals surface area (Å²) in [6.45, 7) is 11.0. The molecule has 1 rings (SSSR count). The monoisotopic (exact) mass is 247 g/mol. The van der Waals surface area contributed by atoms with Crippen LogP contribution in [0, 0.1) is 25.2 Å². The Hall–Kier alpha value is -1.53. The van der Waals surface area contributed by atoms with Gasteiger partial charge in [0, 0.05) is 0 Å². The highest BCUT2D eigenvalue weighted by atomic mass is 16.5. The van der Waals surface area contributed by atoms with Crippen LogP contribution in [0.25, 0.3) is 0 Å². The van der Waals surface area contributed by atoms with Crippen molar-refractivity contribution >= 4 is 0 Å². The standard InChI is InChI=1S/C15H21NO2/c1-11-8-13(10-16)9-12(2)14(11)17-6-7-18-15(3,4)5/h8-9H,6-7H2,1-5H3. The van der Waals surface area contributed by atoms with Gasteiger partial charge in [-0.1, -0.05) is 0 Å². The number of aryl methyl sites for hydroxylation is 2. The number of hydrogen-bond donors (Lipinski definition) is 0. The van der Waals surface area contributed by atoms with Gasteiger partial charge in [0.1, 0.15) is 12.4 Å². The molecule has 0 aliphatic rings. The molecule has 0 saturated heterocycles. The molecular formula is C15H21NO2. The zero-order valence-corrected chi connectivity index (χ0v) is 11.8. The second kappa shape index (κ2) is 5.88. The van der Waals surface area contributed by atoms with Crippen LogP contribution in [-0.4, -0.2) is 18.8 Å². The number of ether oxygens (including phenoxy) is 2. The maximum Gasteiger partial charge on any atom is 0.125 e. The van der Waals surface area contributed by atoms with Gasteiger partial charge < -0.3 is 9.47 Å². The van der Waals surface area contributed by atoms with E-state index in [-0.39, 0.29) is 5.60 Å². The summed E-state index contributed by atoms with van der Waals surface area (Å²) in [5.74, 6) is 0.853. The van der Waals surface area contributed by atoms with E-state index < -0.39 is 0 Å². The fourth-order valence-electron chi connectivity index (χ4n) is 1.73. The van der Waals surface area contributed by atoms with Crippen LogP contribution in [0.1, 0.15) is 37.5 Å². The molecule has 0 bridgehead atoms. The number of hydrogen-bond acceptors (Lipinski definition) is 3. The molecule has 0 spiro atoms. The number of rotatable bonds is 4. The van der Waals surface area contributed by atoms with Crippen LogP contribution in [0.4, 0.5) is 0 Å². The van der Waals surface area contributed by atoms with Crippen molar-refractivity contribution in [2.75, 3.05) is 13.2 Å². The number of nitrogens with zero attached hydrogens (tertiary/aromatic N) is 1. The summed E-state index contributed by atoms with van der Waals surface area (Å²) >= 11 is 0. The molecule has 0 amide bonds. The minimum atomic E-state index is -0.141. The lowest BCUT2D eigenvalue weighted by molar-refractivity contribution is -0.0164. The molecule has 0 atom stereocenters. The third-order valence-corrected chi connectivity index (χ3v) is 2.45. The predicted octanol–water partition coefficient (Wildman–Crippen LogP) is 3.37. The van der Waals surface area contributed by atoms with E-state index in [4.69, 9.17) is 14.7 Å². The highest BCUT2D eigenvalue weighted by Crippen LogP contribution is 2.24. The SMILES string of the molecule is Cc1cc(C#N)cc(C)c1OCCOC(C)(C)C. The first-order chi connectivity index (χ1) is 8.33. The van der Waals surface area contributed by atoms with Crippen molar-refractivity contribution in [3.05, 3.63) is 28.8 Å². The molecule has 3 heteroatoms. The van der Waals surface area contributed by atoms with Crippen LogP contribution in [0.3, 0.4) is 0 Å². The summed E-state index contributed by atoms with van der Waals surface area (Å²) in [5, 5.41) is 8.87. The van der Waals surface area contributed by atoms with Crippen LogP contribution in [-0.2, 0) is 4.74 Å². The van der Waals surface area contributed by atoms with Gasteiger partial charge in [-0.2, -0.15) is 5.26 Å². The Bertz CT molecular complexity index is 430. The van der Waals surface area contributed by atoms with Gasteiger partial charge in [-0.15, -0.1) is 0 Å². The summed E-state index contributed by atoms with van der Waals surface area (Å²) in [4.78, 5) is 0. The zero-order chi connectivity index (χ0) is 13.8. The van der Waals surface area contributed by atoms with Crippen molar-refractivity contribution in [2.24, 2.45) is 0 Å².